The summed E-state index contributed by atoms with van der Waals surface area (Å²) in [7, 11) is 1.70. The topological polar surface area (TPSA) is 56.6 Å². The van der Waals surface area contributed by atoms with E-state index >= 15 is 0 Å². The molecule has 2 fully saturated rings. The summed E-state index contributed by atoms with van der Waals surface area (Å²) in [6.07, 6.45) is 4.26. The highest BCUT2D eigenvalue weighted by molar-refractivity contribution is 5.76. The number of amides is 1. The van der Waals surface area contributed by atoms with E-state index in [1.165, 1.54) is 5.56 Å². The van der Waals surface area contributed by atoms with Gasteiger partial charge in [0.25, 0.3) is 0 Å². The Labute approximate surface area is 147 Å². The summed E-state index contributed by atoms with van der Waals surface area (Å²) in [5.74, 6) is 0.398. The van der Waals surface area contributed by atoms with Crippen molar-refractivity contribution in [1.29, 1.82) is 0 Å². The van der Waals surface area contributed by atoms with Crippen LogP contribution in [0.15, 0.2) is 48.8 Å². The summed E-state index contributed by atoms with van der Waals surface area (Å²) >= 11 is 0. The Morgan fingerprint density at radius 3 is 2.92 bits per heavy atom. The van der Waals surface area contributed by atoms with E-state index in [1.807, 2.05) is 17.0 Å². The van der Waals surface area contributed by atoms with Crippen molar-refractivity contribution in [1.82, 2.24) is 14.7 Å². The predicted octanol–water partition coefficient (Wildman–Crippen LogP) is 1.68. The number of methoxy groups -OCH3 is 1. The molecule has 2 saturated heterocycles. The van der Waals surface area contributed by atoms with Crippen LogP contribution in [0, 0.1) is 0 Å². The van der Waals surface area contributed by atoms with Crippen LogP contribution in [0.3, 0.4) is 0 Å². The number of carbonyl (C=O) groups is 1. The first kappa shape index (κ1) is 16.3. The normalized spacial score (nSPS) is 28.8. The van der Waals surface area contributed by atoms with E-state index in [2.05, 4.69) is 29.4 Å². The molecule has 4 rings (SSSR count). The molecule has 25 heavy (non-hydrogen) atoms. The Balaban J connectivity index is 1.47. The molecule has 1 aromatic carbocycles. The minimum absolute atomic E-state index is 0.0504. The van der Waals surface area contributed by atoms with Gasteiger partial charge < -0.3 is 14.4 Å². The molecular weight excluding hydrogens is 318 g/mol. The lowest BCUT2D eigenvalue weighted by Crippen LogP contribution is -2.42. The Kier molecular flexibility index (Phi) is 4.31. The van der Waals surface area contributed by atoms with Crippen LogP contribution in [0.25, 0.3) is 0 Å². The number of likely N-dealkylation sites (tertiary alicyclic amines) is 1. The number of rotatable bonds is 4. The van der Waals surface area contributed by atoms with Gasteiger partial charge in [0, 0.05) is 32.0 Å². The van der Waals surface area contributed by atoms with E-state index in [0.717, 1.165) is 6.42 Å². The molecule has 0 aliphatic carbocycles. The molecule has 3 heterocycles. The molecule has 1 aromatic heterocycles. The van der Waals surface area contributed by atoms with Gasteiger partial charge in [-0.3, -0.25) is 9.48 Å². The first-order chi connectivity index (χ1) is 12.2. The van der Waals surface area contributed by atoms with E-state index in [1.54, 1.807) is 24.2 Å². The van der Waals surface area contributed by atoms with Gasteiger partial charge in [0.2, 0.25) is 5.91 Å². The van der Waals surface area contributed by atoms with Gasteiger partial charge in [-0.25, -0.2) is 0 Å². The number of carbonyl (C=O) groups excluding carboxylic acids is 1. The average Bonchev–Trinajstić information content (AvgIpc) is 3.37. The molecule has 6 nitrogen and oxygen atoms in total. The SMILES string of the molecule is CO[C@@H]1CN(C(=O)Cn2cccn2)C[C@]12C[C@@H](c1ccccc1)CO2. The van der Waals surface area contributed by atoms with Crippen LogP contribution in [0.1, 0.15) is 17.9 Å². The van der Waals surface area contributed by atoms with Crippen LogP contribution in [0.2, 0.25) is 0 Å². The van der Waals surface area contributed by atoms with Gasteiger partial charge in [-0.15, -0.1) is 0 Å². The second kappa shape index (κ2) is 6.61. The third-order valence-electron chi connectivity index (χ3n) is 5.36. The third kappa shape index (κ3) is 3.07. The average molecular weight is 341 g/mol. The second-order valence-corrected chi connectivity index (χ2v) is 6.89. The summed E-state index contributed by atoms with van der Waals surface area (Å²) in [6.45, 7) is 2.07. The zero-order valence-electron chi connectivity index (χ0n) is 14.4. The zero-order chi connectivity index (χ0) is 17.3. The first-order valence-corrected chi connectivity index (χ1v) is 8.67. The summed E-state index contributed by atoms with van der Waals surface area (Å²) in [5, 5.41) is 4.11. The quantitative estimate of drug-likeness (QED) is 0.849. The zero-order valence-corrected chi connectivity index (χ0v) is 14.4. The summed E-state index contributed by atoms with van der Waals surface area (Å²) in [5.41, 5.74) is 0.880. The van der Waals surface area contributed by atoms with Crippen LogP contribution >= 0.6 is 0 Å². The van der Waals surface area contributed by atoms with Gasteiger partial charge in [0.15, 0.2) is 0 Å². The Hall–Kier alpha value is -2.18. The van der Waals surface area contributed by atoms with Gasteiger partial charge in [-0.1, -0.05) is 30.3 Å². The number of benzene rings is 1. The minimum Gasteiger partial charge on any atom is -0.377 e. The standard InChI is InChI=1S/C19H23N3O3/c1-24-17-11-21(18(23)12-22-9-5-8-20-22)14-19(17)10-16(13-25-19)15-6-3-2-4-7-15/h2-9,16-17H,10-14H2,1H3/t16-,17-,19-/m1/s1. The number of ether oxygens (including phenoxy) is 2. The fourth-order valence-corrected chi connectivity index (χ4v) is 4.04. The summed E-state index contributed by atoms with van der Waals surface area (Å²) in [4.78, 5) is 14.5. The van der Waals surface area contributed by atoms with Crippen LogP contribution in [0.5, 0.6) is 0 Å². The van der Waals surface area contributed by atoms with E-state index in [-0.39, 0.29) is 18.6 Å². The van der Waals surface area contributed by atoms with Crippen LogP contribution in [-0.4, -0.2) is 59.1 Å². The maximum atomic E-state index is 12.6. The van der Waals surface area contributed by atoms with Crippen molar-refractivity contribution >= 4 is 5.91 Å². The van der Waals surface area contributed by atoms with Crippen molar-refractivity contribution in [3.8, 4) is 0 Å². The second-order valence-electron chi connectivity index (χ2n) is 6.89. The van der Waals surface area contributed by atoms with E-state index in [0.29, 0.717) is 25.6 Å². The molecule has 2 aromatic rings. The molecule has 132 valence electrons. The fourth-order valence-electron chi connectivity index (χ4n) is 4.04. The molecule has 2 aliphatic rings. The monoisotopic (exact) mass is 341 g/mol. The van der Waals surface area contributed by atoms with Crippen molar-refractivity contribution in [2.24, 2.45) is 0 Å². The predicted molar refractivity (Wildman–Crippen MR) is 92.1 cm³/mol. The molecule has 0 bridgehead atoms. The molecular formula is C19H23N3O3. The summed E-state index contributed by atoms with van der Waals surface area (Å²) < 4.78 is 13.6. The minimum atomic E-state index is -0.408. The van der Waals surface area contributed by atoms with Gasteiger partial charge >= 0.3 is 0 Å². The molecule has 0 N–H and O–H groups in total. The lowest BCUT2D eigenvalue weighted by molar-refractivity contribution is -0.132. The van der Waals surface area contributed by atoms with E-state index < -0.39 is 5.60 Å². The third-order valence-corrected chi connectivity index (χ3v) is 5.36. The smallest absolute Gasteiger partial charge is 0.244 e. The Bertz CT molecular complexity index is 719. The highest BCUT2D eigenvalue weighted by Gasteiger charge is 2.54. The lowest BCUT2D eigenvalue weighted by atomic mass is 9.87. The molecule has 1 amide bonds. The van der Waals surface area contributed by atoms with Gasteiger partial charge in [0.05, 0.1) is 13.2 Å². The number of hydrogen-bond donors (Lipinski definition) is 0. The van der Waals surface area contributed by atoms with Crippen LogP contribution < -0.4 is 0 Å². The Morgan fingerprint density at radius 1 is 1.36 bits per heavy atom. The van der Waals surface area contributed by atoms with Gasteiger partial charge in [0.1, 0.15) is 18.2 Å². The fraction of sp³-hybridized carbons (Fsp3) is 0.474. The number of aromatic nitrogens is 2. The number of hydrogen-bond acceptors (Lipinski definition) is 4. The molecule has 0 saturated carbocycles. The maximum Gasteiger partial charge on any atom is 0.244 e. The molecule has 2 aliphatic heterocycles. The van der Waals surface area contributed by atoms with Gasteiger partial charge in [-0.05, 0) is 18.1 Å². The van der Waals surface area contributed by atoms with Crippen molar-refractivity contribution in [2.75, 3.05) is 26.8 Å². The van der Waals surface area contributed by atoms with Crippen molar-refractivity contribution in [3.05, 3.63) is 54.4 Å². The van der Waals surface area contributed by atoms with Crippen molar-refractivity contribution in [2.45, 2.75) is 30.6 Å². The maximum absolute atomic E-state index is 12.6. The van der Waals surface area contributed by atoms with Gasteiger partial charge in [-0.2, -0.15) is 5.10 Å². The molecule has 1 spiro atoms. The van der Waals surface area contributed by atoms with Crippen LogP contribution in [0.4, 0.5) is 0 Å². The summed E-state index contributed by atoms with van der Waals surface area (Å²) in [6, 6.07) is 12.2. The van der Waals surface area contributed by atoms with Crippen LogP contribution in [-0.2, 0) is 20.8 Å². The number of nitrogens with zero attached hydrogens (tertiary/aromatic N) is 3. The van der Waals surface area contributed by atoms with E-state index in [9.17, 15) is 4.79 Å². The molecule has 3 atom stereocenters. The molecule has 0 unspecified atom stereocenters. The molecule has 6 heteroatoms. The van der Waals surface area contributed by atoms with Crippen molar-refractivity contribution < 1.29 is 14.3 Å². The first-order valence-electron chi connectivity index (χ1n) is 8.67. The Morgan fingerprint density at radius 2 is 2.20 bits per heavy atom. The highest BCUT2D eigenvalue weighted by atomic mass is 16.6. The largest absolute Gasteiger partial charge is 0.377 e. The highest BCUT2D eigenvalue weighted by Crippen LogP contribution is 2.43. The molecule has 0 radical (unpaired) electrons. The van der Waals surface area contributed by atoms with Crippen molar-refractivity contribution in [3.63, 3.8) is 0 Å². The van der Waals surface area contributed by atoms with E-state index in [4.69, 9.17) is 9.47 Å². The lowest BCUT2D eigenvalue weighted by Gasteiger charge is -2.28.